The summed E-state index contributed by atoms with van der Waals surface area (Å²) in [4.78, 5) is 43.7. The molecule has 1 unspecified atom stereocenters. The largest absolute Gasteiger partial charge is 0.470 e. The van der Waals surface area contributed by atoms with Crippen LogP contribution in [0.5, 0.6) is 11.5 Å². The molecule has 3 aliphatic rings. The van der Waals surface area contributed by atoms with Crippen LogP contribution < -0.4 is 20.9 Å². The van der Waals surface area contributed by atoms with Crippen LogP contribution in [0.2, 0.25) is 0 Å². The highest BCUT2D eigenvalue weighted by molar-refractivity contribution is 8.24. The van der Waals surface area contributed by atoms with Gasteiger partial charge in [0, 0.05) is 13.5 Å². The fraction of sp³-hybridized carbons (Fsp3) is 0.613. The number of fused-ring (bicyclic) bond motifs is 1. The lowest BCUT2D eigenvalue weighted by atomic mass is 9.82. The third-order valence-electron chi connectivity index (χ3n) is 8.54. The molecule has 0 bridgehead atoms. The van der Waals surface area contributed by atoms with E-state index in [-0.39, 0.29) is 42.2 Å². The minimum absolute atomic E-state index is 0.0958. The van der Waals surface area contributed by atoms with Crippen molar-refractivity contribution in [3.8, 4) is 11.5 Å². The summed E-state index contributed by atoms with van der Waals surface area (Å²) in [5, 5.41) is 0. The molecule has 1 aliphatic heterocycles. The second-order valence-corrected chi connectivity index (χ2v) is 13.7. The fourth-order valence-corrected chi connectivity index (χ4v) is 8.06. The van der Waals surface area contributed by atoms with E-state index < -0.39 is 5.97 Å². The number of benzene rings is 1. The van der Waals surface area contributed by atoms with E-state index in [9.17, 15) is 14.4 Å². The van der Waals surface area contributed by atoms with Crippen molar-refractivity contribution >= 4 is 41.4 Å². The van der Waals surface area contributed by atoms with E-state index in [1.54, 1.807) is 19.2 Å². The summed E-state index contributed by atoms with van der Waals surface area (Å²) in [5.41, 5.74) is 11.4. The van der Waals surface area contributed by atoms with Crippen molar-refractivity contribution in [2.75, 3.05) is 26.8 Å². The van der Waals surface area contributed by atoms with Crippen molar-refractivity contribution in [1.82, 2.24) is 0 Å². The summed E-state index contributed by atoms with van der Waals surface area (Å²) in [7, 11) is 1.58. The molecule has 0 saturated heterocycles. The molecule has 1 atom stereocenters. The SMILES string of the molecule is [C-]#[N+]C(C(=O)OCCC(C)OC)=C1Sc2c(OC(=O)C3CCC(CN)CC3)ccc(OC(=O)C3CCC(CN)CC3)c2S1. The summed E-state index contributed by atoms with van der Waals surface area (Å²) in [6.07, 6.45) is 6.79. The minimum atomic E-state index is -0.744. The molecule has 2 fully saturated rings. The number of nitrogens with zero attached hydrogens (tertiary/aromatic N) is 1. The molecular formula is C31H41N3O7S2. The second-order valence-electron chi connectivity index (χ2n) is 11.4. The smallest absolute Gasteiger partial charge is 0.338 e. The van der Waals surface area contributed by atoms with Gasteiger partial charge in [-0.2, -0.15) is 0 Å². The normalized spacial score (nSPS) is 23.9. The average Bonchev–Trinajstić information content (AvgIpc) is 3.48. The number of methoxy groups -OCH3 is 1. The highest BCUT2D eigenvalue weighted by atomic mass is 32.2. The summed E-state index contributed by atoms with van der Waals surface area (Å²) in [6.45, 7) is 10.9. The van der Waals surface area contributed by atoms with Crippen LogP contribution in [0, 0.1) is 30.2 Å². The Bertz CT molecular complexity index is 1180. The molecule has 10 nitrogen and oxygen atoms in total. The maximum Gasteiger partial charge on any atom is 0.338 e. The number of thioether (sulfide) groups is 2. The molecule has 234 valence electrons. The van der Waals surface area contributed by atoms with Crippen LogP contribution in [-0.2, 0) is 23.9 Å². The average molecular weight is 632 g/mol. The number of carbonyl (C=O) groups excluding carboxylic acids is 3. The molecule has 1 heterocycles. The first-order chi connectivity index (χ1) is 20.8. The van der Waals surface area contributed by atoms with Crippen molar-refractivity contribution < 1.29 is 33.3 Å². The molecule has 12 heteroatoms. The number of esters is 3. The fourth-order valence-electron chi connectivity index (χ4n) is 5.51. The Labute approximate surface area is 261 Å². The second kappa shape index (κ2) is 16.0. The Morgan fingerprint density at radius 3 is 1.74 bits per heavy atom. The number of carbonyl (C=O) groups is 3. The molecule has 0 amide bonds. The minimum Gasteiger partial charge on any atom is -0.470 e. The van der Waals surface area contributed by atoms with Crippen LogP contribution in [0.25, 0.3) is 4.85 Å². The van der Waals surface area contributed by atoms with Gasteiger partial charge in [0.2, 0.25) is 0 Å². The zero-order valence-electron chi connectivity index (χ0n) is 24.8. The zero-order valence-corrected chi connectivity index (χ0v) is 26.4. The number of nitrogens with two attached hydrogens (primary N) is 2. The van der Waals surface area contributed by atoms with Crippen molar-refractivity contribution in [2.24, 2.45) is 35.1 Å². The molecule has 2 saturated carbocycles. The Hall–Kier alpha value is -2.56. The molecule has 2 aliphatic carbocycles. The van der Waals surface area contributed by atoms with E-state index >= 15 is 0 Å². The van der Waals surface area contributed by atoms with Gasteiger partial charge in [0.1, 0.15) is 11.5 Å². The molecule has 1 aromatic carbocycles. The first-order valence-corrected chi connectivity index (χ1v) is 16.6. The lowest BCUT2D eigenvalue weighted by Gasteiger charge is -2.26. The van der Waals surface area contributed by atoms with E-state index in [1.807, 2.05) is 6.92 Å². The van der Waals surface area contributed by atoms with E-state index in [4.69, 9.17) is 37.0 Å². The van der Waals surface area contributed by atoms with Gasteiger partial charge < -0.3 is 30.4 Å². The first-order valence-electron chi connectivity index (χ1n) is 15.0. The summed E-state index contributed by atoms with van der Waals surface area (Å²) >= 11 is 2.29. The zero-order chi connectivity index (χ0) is 30.9. The summed E-state index contributed by atoms with van der Waals surface area (Å²) in [6, 6.07) is 3.24. The highest BCUT2D eigenvalue weighted by Gasteiger charge is 2.35. The highest BCUT2D eigenvalue weighted by Crippen LogP contribution is 2.59. The van der Waals surface area contributed by atoms with E-state index in [1.165, 1.54) is 0 Å². The Morgan fingerprint density at radius 1 is 0.884 bits per heavy atom. The van der Waals surface area contributed by atoms with Gasteiger partial charge in [0.25, 0.3) is 5.70 Å². The van der Waals surface area contributed by atoms with Crippen LogP contribution in [0.4, 0.5) is 0 Å². The van der Waals surface area contributed by atoms with E-state index in [2.05, 4.69) is 4.85 Å². The molecule has 1 aromatic rings. The van der Waals surface area contributed by atoms with Gasteiger partial charge in [-0.05, 0) is 95.3 Å². The number of rotatable bonds is 11. The van der Waals surface area contributed by atoms with Gasteiger partial charge in [-0.3, -0.25) is 14.4 Å². The monoisotopic (exact) mass is 631 g/mol. The summed E-state index contributed by atoms with van der Waals surface area (Å²) < 4.78 is 22.7. The number of ether oxygens (including phenoxy) is 4. The van der Waals surface area contributed by atoms with Crippen LogP contribution in [0.1, 0.15) is 64.7 Å². The topological polar surface area (TPSA) is 145 Å². The Kier molecular flexibility index (Phi) is 12.4. The maximum absolute atomic E-state index is 13.2. The van der Waals surface area contributed by atoms with E-state index in [0.717, 1.165) is 49.2 Å². The van der Waals surface area contributed by atoms with Gasteiger partial charge >= 0.3 is 17.9 Å². The molecular weight excluding hydrogens is 590 g/mol. The quantitative estimate of drug-likeness (QED) is 0.142. The lowest BCUT2D eigenvalue weighted by Crippen LogP contribution is -2.28. The number of hydrogen-bond donors (Lipinski definition) is 2. The van der Waals surface area contributed by atoms with Gasteiger partial charge in [-0.1, -0.05) is 23.5 Å². The molecule has 0 radical (unpaired) electrons. The van der Waals surface area contributed by atoms with Crippen LogP contribution in [0.15, 0.2) is 31.9 Å². The van der Waals surface area contributed by atoms with Crippen LogP contribution in [0.3, 0.4) is 0 Å². The van der Waals surface area contributed by atoms with Crippen molar-refractivity contribution in [2.45, 2.75) is 80.6 Å². The molecule has 4 rings (SSSR count). The summed E-state index contributed by atoms with van der Waals surface area (Å²) in [5.74, 6) is -0.362. The number of hydrogen-bond acceptors (Lipinski definition) is 11. The predicted octanol–water partition coefficient (Wildman–Crippen LogP) is 5.28. The lowest BCUT2D eigenvalue weighted by molar-refractivity contribution is -0.141. The van der Waals surface area contributed by atoms with Crippen molar-refractivity contribution in [3.05, 3.63) is 33.5 Å². The molecule has 0 spiro atoms. The van der Waals surface area contributed by atoms with Gasteiger partial charge in [-0.15, -0.1) is 0 Å². The van der Waals surface area contributed by atoms with Gasteiger partial charge in [-0.25, -0.2) is 4.85 Å². The van der Waals surface area contributed by atoms with Crippen molar-refractivity contribution in [3.63, 3.8) is 0 Å². The predicted molar refractivity (Wildman–Crippen MR) is 164 cm³/mol. The molecule has 43 heavy (non-hydrogen) atoms. The third-order valence-corrected chi connectivity index (χ3v) is 11.1. The van der Waals surface area contributed by atoms with Gasteiger partial charge in [0.15, 0.2) is 0 Å². The third kappa shape index (κ3) is 8.54. The standard InChI is InChI=1S/C31H41N3O7S2/c1-18(38-3)14-15-39-30(37)25(34-2)31-42-26-23(40-28(35)21-8-4-19(16-32)5-9-21)12-13-24(27(26)43-31)41-29(36)22-10-6-20(17-33)7-11-22/h12-13,18-22H,4-11,14-17,32-33H2,1,3H3. The van der Waals surface area contributed by atoms with Crippen molar-refractivity contribution in [1.29, 1.82) is 0 Å². The first kappa shape index (κ1) is 33.3. The molecule has 0 aromatic heterocycles. The Morgan fingerprint density at radius 2 is 1.35 bits per heavy atom. The Balaban J connectivity index is 1.56. The van der Waals surface area contributed by atoms with E-state index in [0.29, 0.717) is 82.6 Å². The van der Waals surface area contributed by atoms with Crippen LogP contribution >= 0.6 is 23.5 Å². The maximum atomic E-state index is 13.2. The van der Waals surface area contributed by atoms with Gasteiger partial charge in [0.05, 0.1) is 45.1 Å². The van der Waals surface area contributed by atoms with Crippen LogP contribution in [-0.4, -0.2) is 50.8 Å². The molecule has 4 N–H and O–H groups in total.